The summed E-state index contributed by atoms with van der Waals surface area (Å²) in [6, 6.07) is 5.52. The third-order valence-corrected chi connectivity index (χ3v) is 3.78. The highest BCUT2D eigenvalue weighted by molar-refractivity contribution is 5.39. The first-order chi connectivity index (χ1) is 9.19. The molecular weight excluding hydrogens is 244 g/mol. The summed E-state index contributed by atoms with van der Waals surface area (Å²) in [4.78, 5) is 0. The molecule has 19 heavy (non-hydrogen) atoms. The van der Waals surface area contributed by atoms with Gasteiger partial charge in [0.1, 0.15) is 11.5 Å². The van der Waals surface area contributed by atoms with Crippen LogP contribution >= 0.6 is 0 Å². The number of rotatable bonds is 5. The second kappa shape index (κ2) is 6.26. The second-order valence-corrected chi connectivity index (χ2v) is 4.86. The monoisotopic (exact) mass is 266 g/mol. The lowest BCUT2D eigenvalue weighted by Crippen LogP contribution is -2.22. The Morgan fingerprint density at radius 3 is 2.42 bits per heavy atom. The number of methoxy groups -OCH3 is 2. The van der Waals surface area contributed by atoms with E-state index >= 15 is 0 Å². The van der Waals surface area contributed by atoms with E-state index in [2.05, 4.69) is 6.92 Å². The Balaban J connectivity index is 2.24. The Morgan fingerprint density at radius 1 is 1.26 bits per heavy atom. The molecule has 0 spiro atoms. The van der Waals surface area contributed by atoms with Gasteiger partial charge in [-0.2, -0.15) is 0 Å². The first kappa shape index (κ1) is 14.2. The Labute approximate surface area is 114 Å². The standard InChI is InChI=1S/C15H22O4/c1-4-14-13(5-6-19-14)15(16)10-7-11(17-2)9-12(8-10)18-3/h7-9,13-16H,4-6H2,1-3H3. The van der Waals surface area contributed by atoms with E-state index in [0.717, 1.165) is 25.0 Å². The summed E-state index contributed by atoms with van der Waals surface area (Å²) >= 11 is 0. The van der Waals surface area contributed by atoms with Gasteiger partial charge in [0.05, 0.1) is 26.4 Å². The molecule has 1 aromatic rings. The summed E-state index contributed by atoms with van der Waals surface area (Å²) in [6.07, 6.45) is 1.39. The normalized spacial score (nSPS) is 24.2. The average molecular weight is 266 g/mol. The van der Waals surface area contributed by atoms with Gasteiger partial charge in [-0.25, -0.2) is 0 Å². The summed E-state index contributed by atoms with van der Waals surface area (Å²) in [5.41, 5.74) is 0.824. The topological polar surface area (TPSA) is 47.9 Å². The summed E-state index contributed by atoms with van der Waals surface area (Å²) in [5, 5.41) is 10.6. The number of ether oxygens (including phenoxy) is 3. The Kier molecular flexibility index (Phi) is 4.66. The van der Waals surface area contributed by atoms with Gasteiger partial charge in [-0.3, -0.25) is 0 Å². The van der Waals surface area contributed by atoms with Crippen molar-refractivity contribution in [3.8, 4) is 11.5 Å². The summed E-state index contributed by atoms with van der Waals surface area (Å²) < 4.78 is 16.1. The van der Waals surface area contributed by atoms with Crippen LogP contribution < -0.4 is 9.47 Å². The highest BCUT2D eigenvalue weighted by Gasteiger charge is 2.33. The lowest BCUT2D eigenvalue weighted by molar-refractivity contribution is 0.0306. The lowest BCUT2D eigenvalue weighted by Gasteiger charge is -2.23. The van der Waals surface area contributed by atoms with E-state index in [4.69, 9.17) is 14.2 Å². The van der Waals surface area contributed by atoms with Gasteiger partial charge in [-0.05, 0) is 30.5 Å². The third kappa shape index (κ3) is 3.01. The predicted octanol–water partition coefficient (Wildman–Crippen LogP) is 2.55. The van der Waals surface area contributed by atoms with Gasteiger partial charge in [0, 0.05) is 18.6 Å². The van der Waals surface area contributed by atoms with E-state index in [1.54, 1.807) is 20.3 Å². The third-order valence-electron chi connectivity index (χ3n) is 3.78. The number of aliphatic hydroxyl groups excluding tert-OH is 1. The van der Waals surface area contributed by atoms with Crippen molar-refractivity contribution in [2.75, 3.05) is 20.8 Å². The molecule has 1 heterocycles. The van der Waals surface area contributed by atoms with Crippen LogP contribution in [0.2, 0.25) is 0 Å². The largest absolute Gasteiger partial charge is 0.497 e. The fourth-order valence-corrected chi connectivity index (χ4v) is 2.69. The summed E-state index contributed by atoms with van der Waals surface area (Å²) in [6.45, 7) is 2.81. The van der Waals surface area contributed by atoms with E-state index < -0.39 is 6.10 Å². The molecule has 2 rings (SSSR count). The molecule has 0 saturated carbocycles. The molecule has 0 aromatic heterocycles. The molecule has 106 valence electrons. The molecule has 1 aliphatic rings. The number of benzene rings is 1. The van der Waals surface area contributed by atoms with Gasteiger partial charge >= 0.3 is 0 Å². The molecule has 1 fully saturated rings. The van der Waals surface area contributed by atoms with Gasteiger partial charge in [-0.15, -0.1) is 0 Å². The zero-order valence-electron chi connectivity index (χ0n) is 11.8. The Hall–Kier alpha value is -1.26. The minimum Gasteiger partial charge on any atom is -0.497 e. The smallest absolute Gasteiger partial charge is 0.122 e. The molecule has 3 atom stereocenters. The Bertz CT molecular complexity index is 396. The van der Waals surface area contributed by atoms with Gasteiger partial charge < -0.3 is 19.3 Å². The van der Waals surface area contributed by atoms with E-state index in [1.807, 2.05) is 12.1 Å². The van der Waals surface area contributed by atoms with E-state index in [9.17, 15) is 5.11 Å². The van der Waals surface area contributed by atoms with Gasteiger partial charge in [0.15, 0.2) is 0 Å². The number of hydrogen-bond acceptors (Lipinski definition) is 4. The number of hydrogen-bond donors (Lipinski definition) is 1. The molecule has 0 radical (unpaired) electrons. The van der Waals surface area contributed by atoms with Gasteiger partial charge in [-0.1, -0.05) is 6.92 Å². The molecule has 4 heteroatoms. The summed E-state index contributed by atoms with van der Waals surface area (Å²) in [5.74, 6) is 1.53. The van der Waals surface area contributed by atoms with Crippen LogP contribution in [0.1, 0.15) is 31.4 Å². The van der Waals surface area contributed by atoms with Crippen LogP contribution in [-0.2, 0) is 4.74 Å². The van der Waals surface area contributed by atoms with Crippen LogP contribution in [0, 0.1) is 5.92 Å². The van der Waals surface area contributed by atoms with Crippen LogP contribution in [-0.4, -0.2) is 32.0 Å². The van der Waals surface area contributed by atoms with Crippen molar-refractivity contribution >= 4 is 0 Å². The van der Waals surface area contributed by atoms with Crippen molar-refractivity contribution < 1.29 is 19.3 Å². The zero-order valence-corrected chi connectivity index (χ0v) is 11.8. The molecule has 0 bridgehead atoms. The molecule has 1 N–H and O–H groups in total. The van der Waals surface area contributed by atoms with Crippen LogP contribution in [0.5, 0.6) is 11.5 Å². The maximum Gasteiger partial charge on any atom is 0.122 e. The molecule has 4 nitrogen and oxygen atoms in total. The fraction of sp³-hybridized carbons (Fsp3) is 0.600. The highest BCUT2D eigenvalue weighted by atomic mass is 16.5. The maximum atomic E-state index is 10.6. The number of aliphatic hydroxyl groups is 1. The van der Waals surface area contributed by atoms with Crippen molar-refractivity contribution in [1.82, 2.24) is 0 Å². The van der Waals surface area contributed by atoms with Crippen LogP contribution in [0.3, 0.4) is 0 Å². The van der Waals surface area contributed by atoms with Crippen molar-refractivity contribution in [3.63, 3.8) is 0 Å². The highest BCUT2D eigenvalue weighted by Crippen LogP contribution is 2.37. The van der Waals surface area contributed by atoms with Crippen LogP contribution in [0.25, 0.3) is 0 Å². The first-order valence-electron chi connectivity index (χ1n) is 6.72. The minimum absolute atomic E-state index is 0.132. The molecule has 1 aliphatic heterocycles. The van der Waals surface area contributed by atoms with Gasteiger partial charge in [0.2, 0.25) is 0 Å². The van der Waals surface area contributed by atoms with Gasteiger partial charge in [0.25, 0.3) is 0 Å². The molecule has 3 unspecified atom stereocenters. The average Bonchev–Trinajstić information content (AvgIpc) is 2.94. The van der Waals surface area contributed by atoms with Crippen molar-refractivity contribution in [2.45, 2.75) is 32.0 Å². The second-order valence-electron chi connectivity index (χ2n) is 4.86. The van der Waals surface area contributed by atoms with Crippen LogP contribution in [0.15, 0.2) is 18.2 Å². The molecule has 0 amide bonds. The van der Waals surface area contributed by atoms with Crippen molar-refractivity contribution in [1.29, 1.82) is 0 Å². The van der Waals surface area contributed by atoms with E-state index in [1.165, 1.54) is 0 Å². The fourth-order valence-electron chi connectivity index (χ4n) is 2.69. The maximum absolute atomic E-state index is 10.6. The minimum atomic E-state index is -0.545. The van der Waals surface area contributed by atoms with E-state index in [-0.39, 0.29) is 12.0 Å². The SMILES string of the molecule is CCC1OCCC1C(O)c1cc(OC)cc(OC)c1. The molecule has 1 saturated heterocycles. The predicted molar refractivity (Wildman–Crippen MR) is 72.6 cm³/mol. The molecular formula is C15H22O4. The van der Waals surface area contributed by atoms with E-state index in [0.29, 0.717) is 11.5 Å². The van der Waals surface area contributed by atoms with Crippen molar-refractivity contribution in [2.24, 2.45) is 5.92 Å². The van der Waals surface area contributed by atoms with Crippen LogP contribution in [0.4, 0.5) is 0 Å². The zero-order chi connectivity index (χ0) is 13.8. The molecule has 1 aromatic carbocycles. The van der Waals surface area contributed by atoms with Crippen molar-refractivity contribution in [3.05, 3.63) is 23.8 Å². The quantitative estimate of drug-likeness (QED) is 0.889. The lowest BCUT2D eigenvalue weighted by atomic mass is 9.89. The first-order valence-corrected chi connectivity index (χ1v) is 6.72. The summed E-state index contributed by atoms with van der Waals surface area (Å²) in [7, 11) is 3.22. The Morgan fingerprint density at radius 2 is 1.89 bits per heavy atom. The molecule has 0 aliphatic carbocycles.